The van der Waals surface area contributed by atoms with Gasteiger partial charge < -0.3 is 5.32 Å². The van der Waals surface area contributed by atoms with E-state index in [9.17, 15) is 13.2 Å². The third-order valence-corrected chi connectivity index (χ3v) is 7.06. The Bertz CT molecular complexity index is 995. The van der Waals surface area contributed by atoms with Gasteiger partial charge in [0.2, 0.25) is 0 Å². The quantitative estimate of drug-likeness (QED) is 0.775. The zero-order valence-corrected chi connectivity index (χ0v) is 18.2. The third-order valence-electron chi connectivity index (χ3n) is 4.85. The zero-order valence-electron chi connectivity index (χ0n) is 16.6. The SMILES string of the molecule is Cc1nc(C2CCCCN2S(=O)(=O)N(C)C)ncc1C(=O)Nc1ccc(Cl)cc1. The molecule has 156 valence electrons. The number of nitrogens with one attached hydrogen (secondary N) is 1. The summed E-state index contributed by atoms with van der Waals surface area (Å²) >= 11 is 5.86. The average molecular weight is 438 g/mol. The van der Waals surface area contributed by atoms with E-state index in [0.29, 0.717) is 40.8 Å². The minimum absolute atomic E-state index is 0.335. The van der Waals surface area contributed by atoms with Crippen molar-refractivity contribution in [2.75, 3.05) is 26.0 Å². The highest BCUT2D eigenvalue weighted by Crippen LogP contribution is 2.32. The Morgan fingerprint density at radius 3 is 2.55 bits per heavy atom. The van der Waals surface area contributed by atoms with E-state index in [-0.39, 0.29) is 5.91 Å². The summed E-state index contributed by atoms with van der Waals surface area (Å²) in [4.78, 5) is 21.4. The number of amides is 1. The lowest BCUT2D eigenvalue weighted by Crippen LogP contribution is -2.45. The third kappa shape index (κ3) is 4.75. The first-order valence-corrected chi connectivity index (χ1v) is 11.1. The predicted octanol–water partition coefficient (Wildman–Crippen LogP) is 3.02. The summed E-state index contributed by atoms with van der Waals surface area (Å²) in [5.41, 5.74) is 1.44. The van der Waals surface area contributed by atoms with Gasteiger partial charge in [-0.1, -0.05) is 18.0 Å². The number of carbonyl (C=O) groups excluding carboxylic acids is 1. The lowest BCUT2D eigenvalue weighted by molar-refractivity contribution is 0.102. The normalized spacial score (nSPS) is 18.0. The van der Waals surface area contributed by atoms with Crippen LogP contribution in [0.5, 0.6) is 0 Å². The monoisotopic (exact) mass is 437 g/mol. The molecule has 1 aromatic heterocycles. The fourth-order valence-corrected chi connectivity index (χ4v) is 4.68. The van der Waals surface area contributed by atoms with Crippen molar-refractivity contribution in [3.8, 4) is 0 Å². The molecule has 0 bridgehead atoms. The number of aryl methyl sites for hydroxylation is 1. The summed E-state index contributed by atoms with van der Waals surface area (Å²) in [6.07, 6.45) is 3.79. The van der Waals surface area contributed by atoms with E-state index in [1.54, 1.807) is 31.2 Å². The molecular weight excluding hydrogens is 414 g/mol. The Hall–Kier alpha value is -2.07. The molecule has 2 heterocycles. The van der Waals surface area contributed by atoms with Crippen molar-refractivity contribution in [3.63, 3.8) is 0 Å². The molecule has 3 rings (SSSR count). The maximum Gasteiger partial charge on any atom is 0.282 e. The molecule has 0 saturated carbocycles. The van der Waals surface area contributed by atoms with Gasteiger partial charge in [0.25, 0.3) is 16.1 Å². The van der Waals surface area contributed by atoms with Crippen LogP contribution in [-0.4, -0.2) is 53.5 Å². The maximum absolute atomic E-state index is 12.7. The number of hydrogen-bond acceptors (Lipinski definition) is 5. The zero-order chi connectivity index (χ0) is 21.2. The first-order valence-electron chi connectivity index (χ1n) is 9.30. The molecule has 0 aliphatic carbocycles. The van der Waals surface area contributed by atoms with Gasteiger partial charge in [-0.15, -0.1) is 0 Å². The molecule has 1 atom stereocenters. The lowest BCUT2D eigenvalue weighted by Gasteiger charge is -2.35. The number of piperidine rings is 1. The van der Waals surface area contributed by atoms with Crippen LogP contribution in [0.15, 0.2) is 30.5 Å². The van der Waals surface area contributed by atoms with Gasteiger partial charge in [0.15, 0.2) is 0 Å². The van der Waals surface area contributed by atoms with Gasteiger partial charge in [-0.2, -0.15) is 17.0 Å². The van der Waals surface area contributed by atoms with Gasteiger partial charge >= 0.3 is 0 Å². The highest BCUT2D eigenvalue weighted by Gasteiger charge is 2.36. The first kappa shape index (κ1) is 21.6. The molecule has 2 aromatic rings. The summed E-state index contributed by atoms with van der Waals surface area (Å²) in [7, 11) is -0.562. The van der Waals surface area contributed by atoms with E-state index in [4.69, 9.17) is 11.6 Å². The van der Waals surface area contributed by atoms with E-state index in [0.717, 1.165) is 12.8 Å². The molecule has 1 fully saturated rings. The molecule has 1 aliphatic rings. The number of halogens is 1. The molecule has 0 radical (unpaired) electrons. The van der Waals surface area contributed by atoms with E-state index in [1.165, 1.54) is 28.9 Å². The Balaban J connectivity index is 1.84. The molecule has 10 heteroatoms. The molecule has 1 unspecified atom stereocenters. The summed E-state index contributed by atoms with van der Waals surface area (Å²) in [6.45, 7) is 2.14. The van der Waals surface area contributed by atoms with Crippen LogP contribution in [0.2, 0.25) is 5.02 Å². The van der Waals surface area contributed by atoms with Gasteiger partial charge in [-0.05, 0) is 44.0 Å². The molecule has 0 spiro atoms. The van der Waals surface area contributed by atoms with Crippen LogP contribution >= 0.6 is 11.6 Å². The standard InChI is InChI=1S/C19H24ClN5O3S/c1-13-16(19(26)23-15-9-7-14(20)8-10-15)12-21-18(22-13)17-6-4-5-11-25(17)29(27,28)24(2)3/h7-10,12,17H,4-6,11H2,1-3H3,(H,23,26). The predicted molar refractivity (Wildman–Crippen MR) is 112 cm³/mol. The topological polar surface area (TPSA) is 95.5 Å². The molecule has 1 saturated heterocycles. The van der Waals surface area contributed by atoms with Gasteiger partial charge in [0, 0.05) is 37.5 Å². The van der Waals surface area contributed by atoms with E-state index in [1.807, 2.05) is 0 Å². The second kappa shape index (κ2) is 8.74. The van der Waals surface area contributed by atoms with Crippen molar-refractivity contribution in [2.45, 2.75) is 32.2 Å². The maximum atomic E-state index is 12.7. The summed E-state index contributed by atoms with van der Waals surface area (Å²) in [6, 6.07) is 6.34. The molecule has 29 heavy (non-hydrogen) atoms. The number of carbonyl (C=O) groups is 1. The molecular formula is C19H24ClN5O3S. The Kier molecular flexibility index (Phi) is 6.52. The van der Waals surface area contributed by atoms with Crippen LogP contribution in [-0.2, 0) is 10.2 Å². The van der Waals surface area contributed by atoms with Crippen LogP contribution in [0.1, 0.15) is 47.2 Å². The van der Waals surface area contributed by atoms with Gasteiger partial charge in [-0.25, -0.2) is 9.97 Å². The Morgan fingerprint density at radius 2 is 1.93 bits per heavy atom. The van der Waals surface area contributed by atoms with Crippen molar-refractivity contribution < 1.29 is 13.2 Å². The van der Waals surface area contributed by atoms with Gasteiger partial charge in [0.1, 0.15) is 5.82 Å². The van der Waals surface area contributed by atoms with Crippen LogP contribution in [0.4, 0.5) is 5.69 Å². The van der Waals surface area contributed by atoms with Crippen LogP contribution < -0.4 is 5.32 Å². The summed E-state index contributed by atoms with van der Waals surface area (Å²) < 4.78 is 28.0. The molecule has 1 N–H and O–H groups in total. The van der Waals surface area contributed by atoms with Crippen molar-refractivity contribution in [2.24, 2.45) is 0 Å². The smallest absolute Gasteiger partial charge is 0.282 e. The number of aromatic nitrogens is 2. The van der Waals surface area contributed by atoms with Crippen LogP contribution in [0.3, 0.4) is 0 Å². The van der Waals surface area contributed by atoms with E-state index in [2.05, 4.69) is 15.3 Å². The molecule has 1 aromatic carbocycles. The fraction of sp³-hybridized carbons (Fsp3) is 0.421. The highest BCUT2D eigenvalue weighted by molar-refractivity contribution is 7.86. The van der Waals surface area contributed by atoms with Crippen LogP contribution in [0, 0.1) is 6.92 Å². The molecule has 8 nitrogen and oxygen atoms in total. The fourth-order valence-electron chi connectivity index (χ4n) is 3.25. The number of nitrogens with zero attached hydrogens (tertiary/aromatic N) is 4. The number of rotatable bonds is 5. The number of hydrogen-bond donors (Lipinski definition) is 1. The lowest BCUT2D eigenvalue weighted by atomic mass is 10.0. The van der Waals surface area contributed by atoms with E-state index < -0.39 is 16.3 Å². The van der Waals surface area contributed by atoms with Crippen LogP contribution in [0.25, 0.3) is 0 Å². The second-order valence-corrected chi connectivity index (χ2v) is 9.63. The van der Waals surface area contributed by atoms with Gasteiger partial charge in [-0.3, -0.25) is 4.79 Å². The molecule has 1 aliphatic heterocycles. The Labute approximate surface area is 176 Å². The number of benzene rings is 1. The van der Waals surface area contributed by atoms with Crippen molar-refractivity contribution in [1.29, 1.82) is 0 Å². The molecule has 1 amide bonds. The second-order valence-electron chi connectivity index (χ2n) is 7.10. The van der Waals surface area contributed by atoms with Crippen molar-refractivity contribution in [1.82, 2.24) is 18.6 Å². The Morgan fingerprint density at radius 1 is 1.24 bits per heavy atom. The minimum Gasteiger partial charge on any atom is -0.322 e. The number of anilines is 1. The van der Waals surface area contributed by atoms with Crippen molar-refractivity contribution >= 4 is 33.4 Å². The van der Waals surface area contributed by atoms with Crippen molar-refractivity contribution in [3.05, 3.63) is 52.6 Å². The summed E-state index contributed by atoms with van der Waals surface area (Å²) in [5, 5.41) is 3.36. The van der Waals surface area contributed by atoms with E-state index >= 15 is 0 Å². The van der Waals surface area contributed by atoms with Gasteiger partial charge in [0.05, 0.1) is 17.3 Å². The largest absolute Gasteiger partial charge is 0.322 e. The average Bonchev–Trinajstić information content (AvgIpc) is 2.69. The first-order chi connectivity index (χ1) is 13.7. The highest BCUT2D eigenvalue weighted by atomic mass is 35.5. The summed E-state index contributed by atoms with van der Waals surface area (Å²) in [5.74, 6) is 0.0773. The minimum atomic E-state index is -3.58.